The summed E-state index contributed by atoms with van der Waals surface area (Å²) in [6.45, 7) is 2.02. The molecule has 0 fully saturated rings. The van der Waals surface area contributed by atoms with E-state index in [1.165, 1.54) is 6.26 Å². The maximum absolute atomic E-state index is 11.6. The molecule has 0 radical (unpaired) electrons. The molecule has 2 rings (SSSR count). The van der Waals surface area contributed by atoms with Crippen LogP contribution in [0.1, 0.15) is 24.9 Å². The zero-order valence-corrected chi connectivity index (χ0v) is 17.1. The molecule has 1 atom stereocenters. The molecule has 1 unspecified atom stereocenters. The van der Waals surface area contributed by atoms with Crippen LogP contribution in [0.25, 0.3) is 0 Å². The second kappa shape index (κ2) is 8.70. The highest BCUT2D eigenvalue weighted by molar-refractivity contribution is 7.90. The Labute approximate surface area is 164 Å². The molecule has 0 aliphatic carbocycles. The summed E-state index contributed by atoms with van der Waals surface area (Å²) in [7, 11) is -1.65. The maximum atomic E-state index is 11.6. The van der Waals surface area contributed by atoms with Gasteiger partial charge in [-0.2, -0.15) is 0 Å². The fourth-order valence-electron chi connectivity index (χ4n) is 2.44. The van der Waals surface area contributed by atoms with Crippen molar-refractivity contribution in [3.05, 3.63) is 53.1 Å². The number of halogens is 1. The number of hydrogen-bond donors (Lipinski definition) is 2. The summed E-state index contributed by atoms with van der Waals surface area (Å²) in [5.41, 5.74) is 1.70. The molecule has 0 spiro atoms. The first-order valence-corrected chi connectivity index (χ1v) is 10.6. The second-order valence-corrected chi connectivity index (χ2v) is 8.58. The number of benzene rings is 2. The lowest BCUT2D eigenvalue weighted by molar-refractivity contribution is 0.415. The maximum Gasteiger partial charge on any atom is 0.175 e. The van der Waals surface area contributed by atoms with Crippen molar-refractivity contribution < 1.29 is 13.2 Å². The second-order valence-electron chi connectivity index (χ2n) is 5.75. The van der Waals surface area contributed by atoms with Crippen LogP contribution >= 0.6 is 23.8 Å². The van der Waals surface area contributed by atoms with Gasteiger partial charge in [-0.25, -0.2) is 8.42 Å². The van der Waals surface area contributed by atoms with Crippen molar-refractivity contribution >= 4 is 44.5 Å². The van der Waals surface area contributed by atoms with E-state index >= 15 is 0 Å². The highest BCUT2D eigenvalue weighted by atomic mass is 35.5. The number of thiocarbonyl (C=S) groups is 1. The summed E-state index contributed by atoms with van der Waals surface area (Å²) in [6.07, 6.45) is 1.97. The molecular weight excluding hydrogens is 392 g/mol. The Hall–Kier alpha value is -1.83. The lowest BCUT2D eigenvalue weighted by Crippen LogP contribution is -2.32. The van der Waals surface area contributed by atoms with E-state index in [0.29, 0.717) is 20.8 Å². The van der Waals surface area contributed by atoms with Crippen LogP contribution in [0.15, 0.2) is 47.4 Å². The molecule has 2 N–H and O–H groups in total. The molecule has 2 aromatic rings. The Balaban J connectivity index is 2.07. The lowest BCUT2D eigenvalue weighted by atomic mass is 10.1. The van der Waals surface area contributed by atoms with Crippen LogP contribution in [0.4, 0.5) is 5.69 Å². The van der Waals surface area contributed by atoms with E-state index in [1.807, 2.05) is 13.0 Å². The largest absolute Gasteiger partial charge is 0.495 e. The Morgan fingerprint density at radius 1 is 1.23 bits per heavy atom. The fourth-order valence-corrected chi connectivity index (χ4v) is 3.59. The molecule has 0 saturated carbocycles. The van der Waals surface area contributed by atoms with Gasteiger partial charge >= 0.3 is 0 Å². The predicted molar refractivity (Wildman–Crippen MR) is 110 cm³/mol. The number of nitrogens with one attached hydrogen (secondary N) is 2. The van der Waals surface area contributed by atoms with E-state index in [2.05, 4.69) is 10.6 Å². The molecule has 8 heteroatoms. The van der Waals surface area contributed by atoms with Crippen LogP contribution < -0.4 is 15.4 Å². The van der Waals surface area contributed by atoms with Gasteiger partial charge in [0.1, 0.15) is 5.75 Å². The number of methoxy groups -OCH3 is 1. The molecule has 0 aliphatic heterocycles. The minimum Gasteiger partial charge on any atom is -0.495 e. The lowest BCUT2D eigenvalue weighted by Gasteiger charge is -2.20. The molecule has 0 saturated heterocycles. The third kappa shape index (κ3) is 5.33. The molecule has 5 nitrogen and oxygen atoms in total. The molecular formula is C18H21ClN2O3S2. The highest BCUT2D eigenvalue weighted by Crippen LogP contribution is 2.27. The predicted octanol–water partition coefficient (Wildman–Crippen LogP) is 4.19. The third-order valence-corrected chi connectivity index (χ3v) is 5.48. The minimum atomic E-state index is -3.21. The topological polar surface area (TPSA) is 67.4 Å². The first-order chi connectivity index (χ1) is 12.2. The third-order valence-electron chi connectivity index (χ3n) is 3.83. The van der Waals surface area contributed by atoms with Crippen molar-refractivity contribution in [2.24, 2.45) is 0 Å². The first-order valence-electron chi connectivity index (χ1n) is 7.95. The summed E-state index contributed by atoms with van der Waals surface area (Å²) >= 11 is 11.5. The molecule has 0 bridgehead atoms. The van der Waals surface area contributed by atoms with Crippen LogP contribution in [0, 0.1) is 0 Å². The summed E-state index contributed by atoms with van der Waals surface area (Å²) < 4.78 is 28.3. The highest BCUT2D eigenvalue weighted by Gasteiger charge is 2.13. The van der Waals surface area contributed by atoms with Crippen molar-refractivity contribution in [1.29, 1.82) is 0 Å². The van der Waals surface area contributed by atoms with Crippen LogP contribution in [-0.2, 0) is 9.84 Å². The van der Waals surface area contributed by atoms with Crippen molar-refractivity contribution in [3.8, 4) is 5.75 Å². The zero-order valence-electron chi connectivity index (χ0n) is 14.7. The number of anilines is 1. The van der Waals surface area contributed by atoms with Gasteiger partial charge in [0.05, 0.1) is 23.1 Å². The number of rotatable bonds is 6. The Bertz CT molecular complexity index is 884. The molecule has 2 aromatic carbocycles. The quantitative estimate of drug-likeness (QED) is 0.693. The van der Waals surface area contributed by atoms with Crippen LogP contribution in [-0.4, -0.2) is 26.9 Å². The van der Waals surface area contributed by atoms with Crippen LogP contribution in [0.3, 0.4) is 0 Å². The van der Waals surface area contributed by atoms with E-state index in [9.17, 15) is 8.42 Å². The van der Waals surface area contributed by atoms with Crippen LogP contribution in [0.5, 0.6) is 5.75 Å². The SMILES string of the molecule is CCC(NC(=S)Nc1ccc(OC)c(Cl)c1)c1ccc(S(C)(=O)=O)cc1. The molecule has 140 valence electrons. The van der Waals surface area contributed by atoms with Gasteiger partial charge in [-0.1, -0.05) is 30.7 Å². The van der Waals surface area contributed by atoms with Crippen LogP contribution in [0.2, 0.25) is 5.02 Å². The first kappa shape index (κ1) is 20.5. The van der Waals surface area contributed by atoms with E-state index in [0.717, 1.165) is 17.7 Å². The smallest absolute Gasteiger partial charge is 0.175 e. The summed E-state index contributed by atoms with van der Waals surface area (Å²) in [5, 5.41) is 7.26. The van der Waals surface area contributed by atoms with E-state index in [4.69, 9.17) is 28.6 Å². The van der Waals surface area contributed by atoms with Crippen molar-refractivity contribution in [2.45, 2.75) is 24.3 Å². The summed E-state index contributed by atoms with van der Waals surface area (Å²) in [6, 6.07) is 12.1. The Morgan fingerprint density at radius 2 is 1.88 bits per heavy atom. The monoisotopic (exact) mass is 412 g/mol. The van der Waals surface area contributed by atoms with Crippen molar-refractivity contribution in [1.82, 2.24) is 5.32 Å². The summed E-state index contributed by atoms with van der Waals surface area (Å²) in [4.78, 5) is 0.296. The van der Waals surface area contributed by atoms with Gasteiger partial charge in [-0.15, -0.1) is 0 Å². The minimum absolute atomic E-state index is 0.0441. The van der Waals surface area contributed by atoms with Gasteiger partial charge in [0.2, 0.25) is 0 Å². The average molecular weight is 413 g/mol. The molecule has 0 amide bonds. The molecule has 0 heterocycles. The standard InChI is InChI=1S/C18H21ClN2O3S2/c1-4-16(12-5-8-14(9-6-12)26(3,22)23)21-18(25)20-13-7-10-17(24-2)15(19)11-13/h5-11,16H,4H2,1-3H3,(H2,20,21,25). The number of sulfone groups is 1. The van der Waals surface area contributed by atoms with Gasteiger partial charge in [0.15, 0.2) is 14.9 Å². The Morgan fingerprint density at radius 3 is 2.38 bits per heavy atom. The van der Waals surface area contributed by atoms with E-state index in [-0.39, 0.29) is 6.04 Å². The molecule has 26 heavy (non-hydrogen) atoms. The fraction of sp³-hybridized carbons (Fsp3) is 0.278. The van der Waals surface area contributed by atoms with Gasteiger partial charge in [-0.05, 0) is 54.5 Å². The van der Waals surface area contributed by atoms with Crippen molar-refractivity contribution in [2.75, 3.05) is 18.7 Å². The number of ether oxygens (including phenoxy) is 1. The van der Waals surface area contributed by atoms with E-state index < -0.39 is 9.84 Å². The van der Waals surface area contributed by atoms with Gasteiger partial charge < -0.3 is 15.4 Å². The van der Waals surface area contributed by atoms with Gasteiger partial charge in [0, 0.05) is 11.9 Å². The molecule has 0 aromatic heterocycles. The average Bonchev–Trinajstić information content (AvgIpc) is 2.59. The van der Waals surface area contributed by atoms with Crippen molar-refractivity contribution in [3.63, 3.8) is 0 Å². The Kier molecular flexibility index (Phi) is 6.86. The normalized spacial score (nSPS) is 12.3. The van der Waals surface area contributed by atoms with Gasteiger partial charge in [-0.3, -0.25) is 0 Å². The van der Waals surface area contributed by atoms with Gasteiger partial charge in [0.25, 0.3) is 0 Å². The zero-order chi connectivity index (χ0) is 19.3. The number of hydrogen-bond acceptors (Lipinski definition) is 4. The van der Waals surface area contributed by atoms with E-state index in [1.54, 1.807) is 43.5 Å². The molecule has 0 aliphatic rings. The summed E-state index contributed by atoms with van der Waals surface area (Å²) in [5.74, 6) is 0.591.